The molecule has 0 saturated carbocycles. The molecule has 2 fully saturated rings. The van der Waals surface area contributed by atoms with Crippen LogP contribution in [0.3, 0.4) is 0 Å². The fourth-order valence-corrected chi connectivity index (χ4v) is 4.00. The van der Waals surface area contributed by atoms with Crippen molar-refractivity contribution in [2.24, 2.45) is 5.41 Å². The van der Waals surface area contributed by atoms with Gasteiger partial charge in [-0.05, 0) is 56.7 Å². The second-order valence-electron chi connectivity index (χ2n) is 7.35. The molecule has 2 heterocycles. The van der Waals surface area contributed by atoms with Gasteiger partial charge < -0.3 is 19.1 Å². The van der Waals surface area contributed by atoms with Gasteiger partial charge in [-0.15, -0.1) is 0 Å². The minimum Gasteiger partial charge on any atom is -0.497 e. The molecule has 1 amide bonds. The summed E-state index contributed by atoms with van der Waals surface area (Å²) in [5.41, 5.74) is 0.487. The quantitative estimate of drug-likeness (QED) is 0.715. The molecule has 27 heavy (non-hydrogen) atoms. The van der Waals surface area contributed by atoms with Crippen LogP contribution in [0, 0.1) is 5.41 Å². The molecule has 6 nitrogen and oxygen atoms in total. The number of amides is 1. The second-order valence-corrected chi connectivity index (χ2v) is 7.35. The molecular weight excluding hydrogens is 346 g/mol. The first-order valence-corrected chi connectivity index (χ1v) is 9.78. The molecule has 0 unspecified atom stereocenters. The molecule has 0 aliphatic carbocycles. The van der Waals surface area contributed by atoms with E-state index in [4.69, 9.17) is 14.2 Å². The largest absolute Gasteiger partial charge is 0.497 e. The van der Waals surface area contributed by atoms with Crippen molar-refractivity contribution in [3.63, 3.8) is 0 Å². The van der Waals surface area contributed by atoms with Gasteiger partial charge in [0.05, 0.1) is 19.1 Å². The first-order valence-electron chi connectivity index (χ1n) is 9.78. The zero-order chi connectivity index (χ0) is 19.3. The molecule has 1 aromatic carbocycles. The van der Waals surface area contributed by atoms with Crippen molar-refractivity contribution in [3.8, 4) is 5.75 Å². The van der Waals surface area contributed by atoms with Crippen LogP contribution in [0.15, 0.2) is 24.3 Å². The zero-order valence-electron chi connectivity index (χ0n) is 16.2. The highest BCUT2D eigenvalue weighted by molar-refractivity contribution is 5.82. The molecule has 0 aromatic heterocycles. The highest BCUT2D eigenvalue weighted by Gasteiger charge is 2.44. The number of rotatable bonds is 6. The van der Waals surface area contributed by atoms with Gasteiger partial charge in [0.1, 0.15) is 11.9 Å². The van der Waals surface area contributed by atoms with Crippen LogP contribution >= 0.6 is 0 Å². The Labute approximate surface area is 160 Å². The van der Waals surface area contributed by atoms with Crippen LogP contribution in [0.25, 0.3) is 0 Å². The lowest BCUT2D eigenvalue weighted by atomic mass is 9.73. The van der Waals surface area contributed by atoms with Gasteiger partial charge in [0.25, 0.3) is 5.91 Å². The molecular formula is C21H29NO5. The van der Waals surface area contributed by atoms with E-state index in [1.807, 2.05) is 36.1 Å². The van der Waals surface area contributed by atoms with E-state index in [-0.39, 0.29) is 18.0 Å². The van der Waals surface area contributed by atoms with Gasteiger partial charge in [0.15, 0.2) is 0 Å². The number of methoxy groups -OCH3 is 1. The minimum absolute atomic E-state index is 0.0643. The molecule has 2 aliphatic heterocycles. The van der Waals surface area contributed by atoms with Gasteiger partial charge in [-0.2, -0.15) is 0 Å². The highest BCUT2D eigenvalue weighted by Crippen LogP contribution is 2.37. The molecule has 2 saturated heterocycles. The Morgan fingerprint density at radius 1 is 1.22 bits per heavy atom. The Morgan fingerprint density at radius 2 is 1.93 bits per heavy atom. The lowest BCUT2D eigenvalue weighted by Gasteiger charge is -2.40. The van der Waals surface area contributed by atoms with Crippen LogP contribution in [0.1, 0.15) is 38.2 Å². The van der Waals surface area contributed by atoms with E-state index in [1.165, 1.54) is 0 Å². The third kappa shape index (κ3) is 4.43. The maximum absolute atomic E-state index is 12.8. The number of hydrogen-bond acceptors (Lipinski definition) is 5. The van der Waals surface area contributed by atoms with Gasteiger partial charge in [-0.25, -0.2) is 0 Å². The molecule has 1 atom stereocenters. The average molecular weight is 375 g/mol. The Morgan fingerprint density at radius 3 is 2.48 bits per heavy atom. The van der Waals surface area contributed by atoms with E-state index in [1.54, 1.807) is 7.11 Å². The van der Waals surface area contributed by atoms with Crippen molar-refractivity contribution < 1.29 is 23.8 Å². The van der Waals surface area contributed by atoms with Crippen molar-refractivity contribution in [1.82, 2.24) is 4.90 Å². The topological polar surface area (TPSA) is 65.1 Å². The van der Waals surface area contributed by atoms with Crippen LogP contribution in [-0.4, -0.2) is 56.3 Å². The normalized spacial score (nSPS) is 21.7. The maximum Gasteiger partial charge on any atom is 0.312 e. The molecule has 3 rings (SSSR count). The van der Waals surface area contributed by atoms with E-state index in [2.05, 4.69) is 0 Å². The maximum atomic E-state index is 12.8. The fraction of sp³-hybridized carbons (Fsp3) is 0.619. The first-order chi connectivity index (χ1) is 13.1. The number of carbonyl (C=O) groups is 2. The third-order valence-electron chi connectivity index (χ3n) is 5.65. The van der Waals surface area contributed by atoms with Gasteiger partial charge in [0.2, 0.25) is 0 Å². The molecule has 1 aromatic rings. The molecule has 148 valence electrons. The number of esters is 1. The van der Waals surface area contributed by atoms with Crippen molar-refractivity contribution in [2.45, 2.75) is 45.1 Å². The summed E-state index contributed by atoms with van der Waals surface area (Å²) >= 11 is 0. The Hall–Kier alpha value is -2.08. The van der Waals surface area contributed by atoms with Gasteiger partial charge in [-0.3, -0.25) is 9.59 Å². The number of carbonyl (C=O) groups excluding carboxylic acids is 2. The van der Waals surface area contributed by atoms with Gasteiger partial charge >= 0.3 is 5.97 Å². The van der Waals surface area contributed by atoms with Gasteiger partial charge in [-0.1, -0.05) is 12.1 Å². The van der Waals surface area contributed by atoms with Crippen LogP contribution in [-0.2, 0) is 25.5 Å². The van der Waals surface area contributed by atoms with Crippen LogP contribution in [0.4, 0.5) is 0 Å². The summed E-state index contributed by atoms with van der Waals surface area (Å²) in [7, 11) is 1.63. The lowest BCUT2D eigenvalue weighted by Crippen LogP contribution is -2.50. The third-order valence-corrected chi connectivity index (χ3v) is 5.65. The number of likely N-dealkylation sites (tertiary alicyclic amines) is 1. The summed E-state index contributed by atoms with van der Waals surface area (Å²) < 4.78 is 16.1. The predicted octanol–water partition coefficient (Wildman–Crippen LogP) is 2.59. The lowest BCUT2D eigenvalue weighted by molar-refractivity contribution is -0.161. The van der Waals surface area contributed by atoms with E-state index < -0.39 is 5.41 Å². The van der Waals surface area contributed by atoms with Crippen molar-refractivity contribution in [2.75, 3.05) is 33.4 Å². The summed E-state index contributed by atoms with van der Waals surface area (Å²) in [4.78, 5) is 27.3. The number of benzene rings is 1. The molecule has 6 heteroatoms. The first kappa shape index (κ1) is 19.7. The molecule has 0 radical (unpaired) electrons. The van der Waals surface area contributed by atoms with Crippen molar-refractivity contribution in [3.05, 3.63) is 29.8 Å². The smallest absolute Gasteiger partial charge is 0.312 e. The Bertz CT molecular complexity index is 643. The van der Waals surface area contributed by atoms with E-state index in [9.17, 15) is 9.59 Å². The summed E-state index contributed by atoms with van der Waals surface area (Å²) in [6, 6.07) is 7.79. The SMILES string of the molecule is CCOC(=O)C1(Cc2ccc(OC)cc2)CCN(C(=O)[C@H]2CCCO2)CC1. The zero-order valence-corrected chi connectivity index (χ0v) is 16.2. The Balaban J connectivity index is 1.70. The van der Waals surface area contributed by atoms with Gasteiger partial charge in [0, 0.05) is 19.7 Å². The van der Waals surface area contributed by atoms with E-state index in [0.29, 0.717) is 45.6 Å². The second kappa shape index (κ2) is 8.74. The molecule has 0 spiro atoms. The summed E-state index contributed by atoms with van der Waals surface area (Å²) in [6.07, 6.45) is 3.25. The summed E-state index contributed by atoms with van der Waals surface area (Å²) in [6.45, 7) is 3.98. The summed E-state index contributed by atoms with van der Waals surface area (Å²) in [5.74, 6) is 0.695. The number of hydrogen-bond donors (Lipinski definition) is 0. The van der Waals surface area contributed by atoms with Crippen molar-refractivity contribution >= 4 is 11.9 Å². The Kier molecular flexibility index (Phi) is 6.37. The standard InChI is InChI=1S/C21H29NO5/c1-3-26-20(24)21(15-16-6-8-17(25-2)9-7-16)10-12-22(13-11-21)19(23)18-5-4-14-27-18/h6-9,18H,3-5,10-15H2,1-2H3/t18-/m1/s1. The van der Waals surface area contributed by atoms with Crippen LogP contribution in [0.5, 0.6) is 5.75 Å². The predicted molar refractivity (Wildman–Crippen MR) is 101 cm³/mol. The van der Waals surface area contributed by atoms with Crippen LogP contribution in [0.2, 0.25) is 0 Å². The van der Waals surface area contributed by atoms with E-state index in [0.717, 1.165) is 24.2 Å². The minimum atomic E-state index is -0.585. The van der Waals surface area contributed by atoms with Crippen molar-refractivity contribution in [1.29, 1.82) is 0 Å². The molecule has 0 bridgehead atoms. The fourth-order valence-electron chi connectivity index (χ4n) is 4.00. The monoisotopic (exact) mass is 375 g/mol. The molecule has 0 N–H and O–H groups in total. The van der Waals surface area contributed by atoms with E-state index >= 15 is 0 Å². The van der Waals surface area contributed by atoms with Crippen LogP contribution < -0.4 is 4.74 Å². The number of piperidine rings is 1. The highest BCUT2D eigenvalue weighted by atomic mass is 16.5. The average Bonchev–Trinajstić information content (AvgIpc) is 3.23. The summed E-state index contributed by atoms with van der Waals surface area (Å²) in [5, 5.41) is 0. The molecule has 2 aliphatic rings. The number of ether oxygens (including phenoxy) is 3. The number of nitrogens with zero attached hydrogens (tertiary/aromatic N) is 1.